The van der Waals surface area contributed by atoms with Gasteiger partial charge in [-0.3, -0.25) is 0 Å². The number of imidazole rings is 1. The minimum atomic E-state index is 0.859. The second kappa shape index (κ2) is 5.87. The molecule has 0 saturated carbocycles. The van der Waals surface area contributed by atoms with E-state index < -0.39 is 0 Å². The van der Waals surface area contributed by atoms with E-state index in [0.717, 1.165) is 31.2 Å². The molecule has 0 spiro atoms. The molecule has 0 bridgehead atoms. The van der Waals surface area contributed by atoms with Crippen LogP contribution in [0.15, 0.2) is 28.9 Å². The Bertz CT molecular complexity index is 534. The van der Waals surface area contributed by atoms with Gasteiger partial charge in [-0.15, -0.1) is 0 Å². The highest BCUT2D eigenvalue weighted by Gasteiger charge is 2.22. The second-order valence-electron chi connectivity index (χ2n) is 4.83. The zero-order valence-electron chi connectivity index (χ0n) is 12.2. The summed E-state index contributed by atoms with van der Waals surface area (Å²) in [5, 5.41) is 0. The lowest BCUT2D eigenvalue weighted by molar-refractivity contribution is 0.386. The average Bonchev–Trinajstić information content (AvgIpc) is 2.78. The Morgan fingerprint density at radius 3 is 2.89 bits per heavy atom. The van der Waals surface area contributed by atoms with Gasteiger partial charge in [-0.1, -0.05) is 12.2 Å². The quantitative estimate of drug-likeness (QED) is 0.654. The van der Waals surface area contributed by atoms with Gasteiger partial charge in [0.15, 0.2) is 0 Å². The van der Waals surface area contributed by atoms with Crippen molar-refractivity contribution in [3.63, 3.8) is 0 Å². The third kappa shape index (κ3) is 2.95. The lowest BCUT2D eigenvalue weighted by Gasteiger charge is -2.29. The first-order chi connectivity index (χ1) is 9.15. The van der Waals surface area contributed by atoms with Crippen LogP contribution in [0.25, 0.3) is 0 Å². The third-order valence-electron chi connectivity index (χ3n) is 3.38. The molecule has 1 aromatic heterocycles. The van der Waals surface area contributed by atoms with Crippen LogP contribution in [0.2, 0.25) is 0 Å². The van der Waals surface area contributed by atoms with E-state index in [1.807, 2.05) is 26.1 Å². The standard InChI is InChI=1S/C15H22N4/c1-5-8-16-15(11(3)6-2)19-9-7-13-14(10-19)18-12(4)17-13/h5-6,8H,7,9-10H2,1-4H3,(H,17,18)/b8-5-,11-6+,16-15+. The molecule has 2 heterocycles. The van der Waals surface area contributed by atoms with Crippen molar-refractivity contribution in [3.8, 4) is 0 Å². The molecular formula is C15H22N4. The Morgan fingerprint density at radius 2 is 2.21 bits per heavy atom. The Hall–Kier alpha value is -1.84. The van der Waals surface area contributed by atoms with Crippen LogP contribution in [-0.2, 0) is 13.0 Å². The number of hydrogen-bond acceptors (Lipinski definition) is 2. The van der Waals surface area contributed by atoms with E-state index in [4.69, 9.17) is 0 Å². The van der Waals surface area contributed by atoms with Gasteiger partial charge in [0.1, 0.15) is 11.7 Å². The predicted molar refractivity (Wildman–Crippen MR) is 79.1 cm³/mol. The largest absolute Gasteiger partial charge is 0.350 e. The lowest BCUT2D eigenvalue weighted by Crippen LogP contribution is -2.36. The van der Waals surface area contributed by atoms with Crippen LogP contribution in [0.5, 0.6) is 0 Å². The number of aromatic nitrogens is 2. The van der Waals surface area contributed by atoms with E-state index >= 15 is 0 Å². The number of allylic oxidation sites excluding steroid dienone is 2. The van der Waals surface area contributed by atoms with E-state index in [-0.39, 0.29) is 0 Å². The predicted octanol–water partition coefficient (Wildman–Crippen LogP) is 2.97. The molecule has 1 aliphatic rings. The Balaban J connectivity index is 2.26. The minimum Gasteiger partial charge on any atom is -0.350 e. The zero-order chi connectivity index (χ0) is 13.8. The van der Waals surface area contributed by atoms with Gasteiger partial charge in [0.2, 0.25) is 0 Å². The lowest BCUT2D eigenvalue weighted by atomic mass is 10.1. The van der Waals surface area contributed by atoms with Crippen molar-refractivity contribution in [2.75, 3.05) is 6.54 Å². The molecule has 0 fully saturated rings. The maximum absolute atomic E-state index is 4.58. The highest BCUT2D eigenvalue weighted by atomic mass is 15.2. The molecule has 0 unspecified atom stereocenters. The molecule has 4 nitrogen and oxygen atoms in total. The fraction of sp³-hybridized carbons (Fsp3) is 0.467. The molecule has 0 aliphatic carbocycles. The maximum atomic E-state index is 4.58. The van der Waals surface area contributed by atoms with Gasteiger partial charge in [-0.05, 0) is 33.3 Å². The first-order valence-electron chi connectivity index (χ1n) is 6.77. The first kappa shape index (κ1) is 13.6. The summed E-state index contributed by atoms with van der Waals surface area (Å²) in [6, 6.07) is 0. The van der Waals surface area contributed by atoms with Crippen LogP contribution in [0, 0.1) is 6.92 Å². The van der Waals surface area contributed by atoms with E-state index in [1.54, 1.807) is 0 Å². The van der Waals surface area contributed by atoms with Crippen LogP contribution >= 0.6 is 0 Å². The summed E-state index contributed by atoms with van der Waals surface area (Å²) < 4.78 is 0. The molecule has 1 N–H and O–H groups in total. The molecule has 2 rings (SSSR count). The summed E-state index contributed by atoms with van der Waals surface area (Å²) in [5.74, 6) is 2.06. The smallest absolute Gasteiger partial charge is 0.131 e. The summed E-state index contributed by atoms with van der Waals surface area (Å²) in [7, 11) is 0. The molecule has 0 atom stereocenters. The van der Waals surface area contributed by atoms with Gasteiger partial charge in [-0.25, -0.2) is 9.98 Å². The van der Waals surface area contributed by atoms with Crippen molar-refractivity contribution in [2.45, 2.75) is 40.7 Å². The van der Waals surface area contributed by atoms with Crippen LogP contribution in [-0.4, -0.2) is 27.2 Å². The number of H-pyrrole nitrogens is 1. The average molecular weight is 258 g/mol. The zero-order valence-corrected chi connectivity index (χ0v) is 12.2. The van der Waals surface area contributed by atoms with Gasteiger partial charge < -0.3 is 9.88 Å². The highest BCUT2D eigenvalue weighted by molar-refractivity contribution is 5.98. The van der Waals surface area contributed by atoms with E-state index in [0.29, 0.717) is 0 Å². The van der Waals surface area contributed by atoms with Crippen molar-refractivity contribution in [2.24, 2.45) is 4.99 Å². The molecule has 0 radical (unpaired) electrons. The number of amidine groups is 1. The Morgan fingerprint density at radius 1 is 1.42 bits per heavy atom. The van der Waals surface area contributed by atoms with E-state index in [2.05, 4.69) is 39.8 Å². The number of aryl methyl sites for hydroxylation is 1. The summed E-state index contributed by atoms with van der Waals surface area (Å²) >= 11 is 0. The van der Waals surface area contributed by atoms with E-state index in [9.17, 15) is 0 Å². The van der Waals surface area contributed by atoms with Gasteiger partial charge in [-0.2, -0.15) is 0 Å². The fourth-order valence-corrected chi connectivity index (χ4v) is 2.32. The number of aromatic amines is 1. The van der Waals surface area contributed by atoms with Crippen molar-refractivity contribution in [3.05, 3.63) is 41.1 Å². The fourth-order valence-electron chi connectivity index (χ4n) is 2.32. The third-order valence-corrected chi connectivity index (χ3v) is 3.38. The van der Waals surface area contributed by atoms with Crippen molar-refractivity contribution in [1.82, 2.24) is 14.9 Å². The Labute approximate surface area is 115 Å². The van der Waals surface area contributed by atoms with Crippen LogP contribution in [0.3, 0.4) is 0 Å². The van der Waals surface area contributed by atoms with Gasteiger partial charge in [0, 0.05) is 19.2 Å². The summed E-state index contributed by atoms with van der Waals surface area (Å²) in [6.45, 7) is 9.98. The van der Waals surface area contributed by atoms with Gasteiger partial charge in [0.25, 0.3) is 0 Å². The first-order valence-corrected chi connectivity index (χ1v) is 6.77. The molecule has 4 heteroatoms. The number of rotatable bonds is 2. The molecular weight excluding hydrogens is 236 g/mol. The second-order valence-corrected chi connectivity index (χ2v) is 4.83. The summed E-state index contributed by atoms with van der Waals surface area (Å²) in [5.41, 5.74) is 3.64. The topological polar surface area (TPSA) is 44.3 Å². The highest BCUT2D eigenvalue weighted by Crippen LogP contribution is 2.19. The van der Waals surface area contributed by atoms with Gasteiger partial charge >= 0.3 is 0 Å². The molecule has 102 valence electrons. The molecule has 0 aromatic carbocycles. The number of fused-ring (bicyclic) bond motifs is 1. The van der Waals surface area contributed by atoms with Crippen LogP contribution < -0.4 is 0 Å². The Kier molecular flexibility index (Phi) is 4.20. The summed E-state index contributed by atoms with van der Waals surface area (Å²) in [6.07, 6.45) is 6.90. The van der Waals surface area contributed by atoms with Crippen molar-refractivity contribution in [1.29, 1.82) is 0 Å². The monoisotopic (exact) mass is 258 g/mol. The van der Waals surface area contributed by atoms with Crippen LogP contribution in [0.1, 0.15) is 38.0 Å². The SMILES string of the molecule is C\C=C/N=C(\C(C)=C\C)N1CCc2nc(C)[nH]c2C1. The summed E-state index contributed by atoms with van der Waals surface area (Å²) in [4.78, 5) is 14.8. The van der Waals surface area contributed by atoms with E-state index in [1.165, 1.54) is 17.0 Å². The van der Waals surface area contributed by atoms with Crippen molar-refractivity contribution < 1.29 is 0 Å². The molecule has 1 aliphatic heterocycles. The number of hydrogen-bond donors (Lipinski definition) is 1. The normalized spacial score (nSPS) is 17.2. The van der Waals surface area contributed by atoms with Gasteiger partial charge in [0.05, 0.1) is 17.9 Å². The molecule has 1 aromatic rings. The van der Waals surface area contributed by atoms with Crippen molar-refractivity contribution >= 4 is 5.84 Å². The number of nitrogens with zero attached hydrogens (tertiary/aromatic N) is 3. The molecule has 0 amide bonds. The molecule has 19 heavy (non-hydrogen) atoms. The number of aliphatic imine (C=N–C) groups is 1. The van der Waals surface area contributed by atoms with Crippen LogP contribution in [0.4, 0.5) is 0 Å². The number of nitrogens with one attached hydrogen (secondary N) is 1. The molecule has 0 saturated heterocycles. The maximum Gasteiger partial charge on any atom is 0.131 e. The minimum absolute atomic E-state index is 0.859.